The number of benzene rings is 2. The van der Waals surface area contributed by atoms with Crippen LogP contribution in [-0.4, -0.2) is 32.2 Å². The monoisotopic (exact) mass is 357 g/mol. The normalized spacial score (nSPS) is 10.1. The van der Waals surface area contributed by atoms with Crippen LogP contribution in [0.1, 0.15) is 18.1 Å². The molecule has 1 amide bonds. The Morgan fingerprint density at radius 1 is 1.00 bits per heavy atom. The molecular weight excluding hydrogens is 334 g/mol. The Hall–Kier alpha value is -3.02. The van der Waals surface area contributed by atoms with Crippen LogP contribution in [0.25, 0.3) is 0 Å². The summed E-state index contributed by atoms with van der Waals surface area (Å²) in [6.45, 7) is 3.26. The minimum atomic E-state index is -0.633. The third-order valence-electron chi connectivity index (χ3n) is 3.78. The van der Waals surface area contributed by atoms with Crippen LogP contribution in [0.4, 0.5) is 5.69 Å². The van der Waals surface area contributed by atoms with Gasteiger partial charge in [0.25, 0.3) is 5.91 Å². The Kier molecular flexibility index (Phi) is 7.02. The van der Waals surface area contributed by atoms with E-state index in [0.29, 0.717) is 11.5 Å². The molecule has 0 aliphatic heterocycles. The van der Waals surface area contributed by atoms with Gasteiger partial charge in [-0.15, -0.1) is 0 Å². The fraction of sp³-hybridized carbons (Fsp3) is 0.300. The van der Waals surface area contributed by atoms with Gasteiger partial charge in [0.15, 0.2) is 24.7 Å². The molecule has 6 heteroatoms. The van der Waals surface area contributed by atoms with Gasteiger partial charge in [-0.25, -0.2) is 4.79 Å². The van der Waals surface area contributed by atoms with Gasteiger partial charge in [0.05, 0.1) is 7.11 Å². The number of esters is 1. The quantitative estimate of drug-likeness (QED) is 0.735. The lowest BCUT2D eigenvalue weighted by atomic mass is 10.1. The number of carbonyl (C=O) groups is 2. The third kappa shape index (κ3) is 5.24. The maximum atomic E-state index is 12.1. The molecule has 0 saturated carbocycles. The Bertz CT molecular complexity index is 773. The number of nitrogens with one attached hydrogen (secondary N) is 1. The second-order valence-corrected chi connectivity index (χ2v) is 5.61. The minimum Gasteiger partial charge on any atom is -0.493 e. The molecule has 1 N–H and O–H groups in total. The van der Waals surface area contributed by atoms with Crippen molar-refractivity contribution in [1.82, 2.24) is 0 Å². The van der Waals surface area contributed by atoms with E-state index in [4.69, 9.17) is 14.2 Å². The highest BCUT2D eigenvalue weighted by Crippen LogP contribution is 2.25. The van der Waals surface area contributed by atoms with Crippen molar-refractivity contribution in [2.45, 2.75) is 20.3 Å². The van der Waals surface area contributed by atoms with E-state index in [-0.39, 0.29) is 19.1 Å². The van der Waals surface area contributed by atoms with Crippen molar-refractivity contribution in [3.63, 3.8) is 0 Å². The molecule has 0 heterocycles. The van der Waals surface area contributed by atoms with Gasteiger partial charge < -0.3 is 19.5 Å². The fourth-order valence-electron chi connectivity index (χ4n) is 2.44. The van der Waals surface area contributed by atoms with Gasteiger partial charge in [0.2, 0.25) is 0 Å². The number of aryl methyl sites for hydroxylation is 2. The van der Waals surface area contributed by atoms with E-state index in [9.17, 15) is 9.59 Å². The lowest BCUT2D eigenvalue weighted by Gasteiger charge is -2.13. The number of amides is 1. The van der Waals surface area contributed by atoms with Crippen molar-refractivity contribution in [2.24, 2.45) is 0 Å². The average Bonchev–Trinajstić information content (AvgIpc) is 2.66. The summed E-state index contributed by atoms with van der Waals surface area (Å²) in [4.78, 5) is 23.9. The van der Waals surface area contributed by atoms with Crippen molar-refractivity contribution in [1.29, 1.82) is 0 Å². The molecule has 138 valence electrons. The Morgan fingerprint density at radius 3 is 2.42 bits per heavy atom. The van der Waals surface area contributed by atoms with E-state index in [1.54, 1.807) is 24.3 Å². The molecule has 2 aromatic rings. The van der Waals surface area contributed by atoms with Gasteiger partial charge in [-0.05, 0) is 36.6 Å². The number of hydrogen-bond acceptors (Lipinski definition) is 5. The lowest BCUT2D eigenvalue weighted by Crippen LogP contribution is -2.24. The summed E-state index contributed by atoms with van der Waals surface area (Å²) in [7, 11) is 1.51. The molecule has 0 atom stereocenters. The number of carbonyl (C=O) groups excluding carboxylic acids is 2. The number of methoxy groups -OCH3 is 1. The van der Waals surface area contributed by atoms with Crippen LogP contribution in [0.15, 0.2) is 42.5 Å². The van der Waals surface area contributed by atoms with E-state index in [2.05, 4.69) is 5.32 Å². The van der Waals surface area contributed by atoms with E-state index in [1.807, 2.05) is 32.0 Å². The molecule has 0 saturated heterocycles. The topological polar surface area (TPSA) is 73.9 Å². The first-order valence-electron chi connectivity index (χ1n) is 8.35. The van der Waals surface area contributed by atoms with E-state index in [0.717, 1.165) is 23.2 Å². The standard InChI is InChI=1S/C20H23NO5/c1-4-15-9-7-8-14(2)20(15)21-18(22)12-26-19(23)13-25-17-11-6-5-10-16(17)24-3/h5-11H,4,12-13H2,1-3H3,(H,21,22). The predicted octanol–water partition coefficient (Wildman–Crippen LogP) is 3.13. The molecule has 0 bridgehead atoms. The first kappa shape index (κ1) is 19.3. The second-order valence-electron chi connectivity index (χ2n) is 5.61. The summed E-state index contributed by atoms with van der Waals surface area (Å²) < 4.78 is 15.5. The highest BCUT2D eigenvalue weighted by atomic mass is 16.6. The summed E-state index contributed by atoms with van der Waals surface area (Å²) in [6, 6.07) is 12.8. The first-order valence-corrected chi connectivity index (χ1v) is 8.35. The van der Waals surface area contributed by atoms with Gasteiger partial charge >= 0.3 is 5.97 Å². The van der Waals surface area contributed by atoms with Crippen molar-refractivity contribution < 1.29 is 23.8 Å². The van der Waals surface area contributed by atoms with Gasteiger partial charge in [-0.3, -0.25) is 4.79 Å². The molecule has 0 radical (unpaired) electrons. The third-order valence-corrected chi connectivity index (χ3v) is 3.78. The van der Waals surface area contributed by atoms with E-state index < -0.39 is 5.97 Å². The zero-order valence-electron chi connectivity index (χ0n) is 15.2. The molecule has 0 spiro atoms. The zero-order valence-corrected chi connectivity index (χ0v) is 15.2. The molecule has 0 aliphatic carbocycles. The molecule has 26 heavy (non-hydrogen) atoms. The molecule has 0 unspecified atom stereocenters. The molecule has 0 fully saturated rings. The lowest BCUT2D eigenvalue weighted by molar-refractivity contribution is -0.149. The highest BCUT2D eigenvalue weighted by Gasteiger charge is 2.12. The fourth-order valence-corrected chi connectivity index (χ4v) is 2.44. The summed E-state index contributed by atoms with van der Waals surface area (Å²) >= 11 is 0. The Balaban J connectivity index is 1.83. The Labute approximate surface area is 153 Å². The van der Waals surface area contributed by atoms with Gasteiger partial charge in [-0.2, -0.15) is 0 Å². The maximum Gasteiger partial charge on any atom is 0.344 e. The predicted molar refractivity (Wildman–Crippen MR) is 98.6 cm³/mol. The van der Waals surface area contributed by atoms with Crippen LogP contribution in [0.5, 0.6) is 11.5 Å². The highest BCUT2D eigenvalue weighted by molar-refractivity contribution is 5.94. The largest absolute Gasteiger partial charge is 0.493 e. The number of rotatable bonds is 8. The van der Waals surface area contributed by atoms with Crippen LogP contribution in [-0.2, 0) is 20.7 Å². The molecule has 0 aromatic heterocycles. The van der Waals surface area contributed by atoms with Crippen LogP contribution in [0, 0.1) is 6.92 Å². The molecule has 2 rings (SSSR count). The molecular formula is C20H23NO5. The van der Waals surface area contributed by atoms with Crippen molar-refractivity contribution in [3.05, 3.63) is 53.6 Å². The van der Waals surface area contributed by atoms with E-state index in [1.165, 1.54) is 7.11 Å². The molecule has 6 nitrogen and oxygen atoms in total. The SMILES string of the molecule is CCc1cccc(C)c1NC(=O)COC(=O)COc1ccccc1OC. The summed E-state index contributed by atoms with van der Waals surface area (Å²) in [5.74, 6) is -0.0696. The molecule has 0 aliphatic rings. The van der Waals surface area contributed by atoms with Crippen LogP contribution < -0.4 is 14.8 Å². The minimum absolute atomic E-state index is 0.307. The summed E-state index contributed by atoms with van der Waals surface area (Å²) in [5, 5.41) is 2.80. The van der Waals surface area contributed by atoms with Crippen LogP contribution in [0.3, 0.4) is 0 Å². The molecule has 2 aromatic carbocycles. The van der Waals surface area contributed by atoms with Gasteiger partial charge in [0.1, 0.15) is 0 Å². The average molecular weight is 357 g/mol. The zero-order chi connectivity index (χ0) is 18.9. The number of anilines is 1. The van der Waals surface area contributed by atoms with Gasteiger partial charge in [0, 0.05) is 5.69 Å². The summed E-state index contributed by atoms with van der Waals surface area (Å²) in [6.07, 6.45) is 0.795. The van der Waals surface area contributed by atoms with Crippen LogP contribution >= 0.6 is 0 Å². The van der Waals surface area contributed by atoms with Crippen molar-refractivity contribution in [2.75, 3.05) is 25.6 Å². The number of para-hydroxylation sites is 3. The number of ether oxygens (including phenoxy) is 3. The van der Waals surface area contributed by atoms with Crippen molar-refractivity contribution >= 4 is 17.6 Å². The first-order chi connectivity index (χ1) is 12.5. The Morgan fingerprint density at radius 2 is 1.73 bits per heavy atom. The van der Waals surface area contributed by atoms with Gasteiger partial charge in [-0.1, -0.05) is 37.3 Å². The van der Waals surface area contributed by atoms with Crippen LogP contribution in [0.2, 0.25) is 0 Å². The maximum absolute atomic E-state index is 12.1. The number of hydrogen-bond donors (Lipinski definition) is 1. The van der Waals surface area contributed by atoms with E-state index >= 15 is 0 Å². The summed E-state index contributed by atoms with van der Waals surface area (Å²) in [5.41, 5.74) is 2.76. The van der Waals surface area contributed by atoms with Crippen molar-refractivity contribution in [3.8, 4) is 11.5 Å². The smallest absolute Gasteiger partial charge is 0.344 e. The second kappa shape index (κ2) is 9.46.